The minimum absolute atomic E-state index is 0.0195. The molecule has 1 N–H and O–H groups in total. The molecule has 1 fully saturated rings. The predicted molar refractivity (Wildman–Crippen MR) is 115 cm³/mol. The molecule has 0 bridgehead atoms. The van der Waals surface area contributed by atoms with E-state index in [1.807, 2.05) is 0 Å². The molecule has 1 aliphatic rings. The summed E-state index contributed by atoms with van der Waals surface area (Å²) in [6.07, 6.45) is -6.44. The molecular formula is C20H19F6N7O2S. The maximum atomic E-state index is 13.5. The zero-order valence-electron chi connectivity index (χ0n) is 18.6. The summed E-state index contributed by atoms with van der Waals surface area (Å²) in [4.78, 5) is 25.8. The standard InChI is InChI=1S/C20H19F6N7O2S/c1-11-2-3-32(30-11)9-14(35)33-5-4-31(8-13(33)10-34)16-15(29-18(36-16)20(24,25)26)12-6-27-17(28-7-12)19(21,22)23/h2-3,6-7,13,34H,4-5,8-10H2,1H3. The first kappa shape index (κ1) is 25.8. The fourth-order valence-corrected chi connectivity index (χ4v) is 4.73. The van der Waals surface area contributed by atoms with Crippen LogP contribution in [0.5, 0.6) is 0 Å². The monoisotopic (exact) mass is 535 g/mol. The third-order valence-corrected chi connectivity index (χ3v) is 6.56. The molecule has 4 rings (SSSR count). The number of carbonyl (C=O) groups is 1. The Labute approximate surface area is 204 Å². The van der Waals surface area contributed by atoms with E-state index in [9.17, 15) is 36.2 Å². The van der Waals surface area contributed by atoms with Crippen LogP contribution in [0.15, 0.2) is 24.7 Å². The van der Waals surface area contributed by atoms with Crippen molar-refractivity contribution in [2.24, 2.45) is 0 Å². The maximum Gasteiger partial charge on any atom is 0.451 e. The van der Waals surface area contributed by atoms with E-state index in [-0.39, 0.29) is 48.3 Å². The van der Waals surface area contributed by atoms with Crippen LogP contribution in [-0.2, 0) is 23.7 Å². The summed E-state index contributed by atoms with van der Waals surface area (Å²) in [7, 11) is 0. The van der Waals surface area contributed by atoms with Crippen LogP contribution in [-0.4, -0.2) is 72.9 Å². The number of aliphatic hydroxyl groups excluding tert-OH is 1. The molecule has 1 aliphatic heterocycles. The number of piperazine rings is 1. The van der Waals surface area contributed by atoms with Crippen molar-refractivity contribution < 1.29 is 36.2 Å². The summed E-state index contributed by atoms with van der Waals surface area (Å²) in [5, 5.41) is 12.9. The van der Waals surface area contributed by atoms with Crippen molar-refractivity contribution in [2.45, 2.75) is 31.9 Å². The predicted octanol–water partition coefficient (Wildman–Crippen LogP) is 2.85. The van der Waals surface area contributed by atoms with E-state index in [1.54, 1.807) is 19.2 Å². The van der Waals surface area contributed by atoms with E-state index in [1.165, 1.54) is 14.5 Å². The van der Waals surface area contributed by atoms with Crippen molar-refractivity contribution >= 4 is 22.2 Å². The molecule has 1 amide bonds. The fraction of sp³-hybridized carbons (Fsp3) is 0.450. The fourth-order valence-electron chi connectivity index (χ4n) is 3.74. The van der Waals surface area contributed by atoms with Crippen molar-refractivity contribution in [1.82, 2.24) is 29.6 Å². The summed E-state index contributed by atoms with van der Waals surface area (Å²) in [5.74, 6) is -1.76. The third-order valence-electron chi connectivity index (χ3n) is 5.40. The van der Waals surface area contributed by atoms with Gasteiger partial charge >= 0.3 is 12.4 Å². The van der Waals surface area contributed by atoms with Crippen molar-refractivity contribution in [3.05, 3.63) is 41.2 Å². The lowest BCUT2D eigenvalue weighted by Crippen LogP contribution is -2.57. The second-order valence-corrected chi connectivity index (χ2v) is 8.97. The van der Waals surface area contributed by atoms with Gasteiger partial charge in [0.05, 0.1) is 18.3 Å². The van der Waals surface area contributed by atoms with Crippen LogP contribution in [0.2, 0.25) is 0 Å². The van der Waals surface area contributed by atoms with Crippen molar-refractivity contribution in [2.75, 3.05) is 31.1 Å². The molecule has 1 saturated heterocycles. The molecular weight excluding hydrogens is 516 g/mol. The number of rotatable bonds is 5. The molecule has 3 aromatic rings. The highest BCUT2D eigenvalue weighted by molar-refractivity contribution is 7.16. The van der Waals surface area contributed by atoms with Gasteiger partial charge in [0.1, 0.15) is 17.2 Å². The minimum Gasteiger partial charge on any atom is -0.394 e. The highest BCUT2D eigenvalue weighted by atomic mass is 32.1. The number of nitrogens with zero attached hydrogens (tertiary/aromatic N) is 7. The molecule has 0 aromatic carbocycles. The summed E-state index contributed by atoms with van der Waals surface area (Å²) in [5.41, 5.74) is 0.360. The smallest absolute Gasteiger partial charge is 0.394 e. The Kier molecular flexibility index (Phi) is 6.92. The molecule has 1 atom stereocenters. The first-order valence-corrected chi connectivity index (χ1v) is 11.3. The van der Waals surface area contributed by atoms with Gasteiger partial charge in [-0.15, -0.1) is 0 Å². The maximum absolute atomic E-state index is 13.5. The highest BCUT2D eigenvalue weighted by Crippen LogP contribution is 2.43. The van der Waals surface area contributed by atoms with Gasteiger partial charge in [-0.25, -0.2) is 15.0 Å². The van der Waals surface area contributed by atoms with Crippen LogP contribution in [0.1, 0.15) is 16.5 Å². The topological polar surface area (TPSA) is 100 Å². The average molecular weight is 535 g/mol. The van der Waals surface area contributed by atoms with Gasteiger partial charge in [-0.1, -0.05) is 11.3 Å². The zero-order chi connectivity index (χ0) is 26.3. The Hall–Kier alpha value is -3.27. The highest BCUT2D eigenvalue weighted by Gasteiger charge is 2.39. The van der Waals surface area contributed by atoms with E-state index < -0.39 is 35.8 Å². The van der Waals surface area contributed by atoms with Gasteiger partial charge in [-0.2, -0.15) is 31.4 Å². The van der Waals surface area contributed by atoms with Crippen LogP contribution >= 0.6 is 11.3 Å². The van der Waals surface area contributed by atoms with Gasteiger partial charge in [0.25, 0.3) is 0 Å². The molecule has 9 nitrogen and oxygen atoms in total. The normalized spacial score (nSPS) is 17.1. The largest absolute Gasteiger partial charge is 0.451 e. The molecule has 194 valence electrons. The molecule has 0 aliphatic carbocycles. The van der Waals surface area contributed by atoms with E-state index in [4.69, 9.17) is 0 Å². The molecule has 0 saturated carbocycles. The number of amides is 1. The summed E-state index contributed by atoms with van der Waals surface area (Å²) < 4.78 is 80.3. The number of hydrogen-bond donors (Lipinski definition) is 1. The van der Waals surface area contributed by atoms with Gasteiger partial charge < -0.3 is 14.9 Å². The number of aromatic nitrogens is 5. The van der Waals surface area contributed by atoms with Gasteiger partial charge in [0, 0.05) is 43.8 Å². The first-order chi connectivity index (χ1) is 16.9. The number of carbonyl (C=O) groups excluding carboxylic acids is 1. The van der Waals surface area contributed by atoms with Crippen LogP contribution in [0.25, 0.3) is 11.3 Å². The van der Waals surface area contributed by atoms with Crippen LogP contribution < -0.4 is 4.90 Å². The van der Waals surface area contributed by atoms with Crippen LogP contribution in [0, 0.1) is 6.92 Å². The minimum atomic E-state index is -4.81. The molecule has 4 heterocycles. The van der Waals surface area contributed by atoms with Crippen molar-refractivity contribution in [3.63, 3.8) is 0 Å². The van der Waals surface area contributed by atoms with Crippen molar-refractivity contribution in [3.8, 4) is 11.3 Å². The molecule has 0 spiro atoms. The van der Waals surface area contributed by atoms with Crippen LogP contribution in [0.4, 0.5) is 31.3 Å². The molecule has 1 unspecified atom stereocenters. The number of aliphatic hydroxyl groups is 1. The quantitative estimate of drug-likeness (QED) is 0.502. The summed E-state index contributed by atoms with van der Waals surface area (Å²) in [6.45, 7) is 1.41. The Morgan fingerprint density at radius 1 is 1.14 bits per heavy atom. The van der Waals surface area contributed by atoms with E-state index in [2.05, 4.69) is 20.1 Å². The summed E-state index contributed by atoms with van der Waals surface area (Å²) >= 11 is 0.318. The summed E-state index contributed by atoms with van der Waals surface area (Å²) in [6, 6.07) is 0.986. The van der Waals surface area contributed by atoms with Crippen LogP contribution in [0.3, 0.4) is 0 Å². The third kappa shape index (κ3) is 5.43. The number of aryl methyl sites for hydroxylation is 1. The Morgan fingerprint density at radius 2 is 1.83 bits per heavy atom. The second kappa shape index (κ2) is 9.65. The first-order valence-electron chi connectivity index (χ1n) is 10.5. The SMILES string of the molecule is Cc1ccn(CC(=O)N2CCN(c3sc(C(F)(F)F)nc3-c3cnc(C(F)(F)F)nc3)CC2CO)n1. The molecule has 16 heteroatoms. The van der Waals surface area contributed by atoms with Crippen molar-refractivity contribution in [1.29, 1.82) is 0 Å². The number of alkyl halides is 6. The lowest BCUT2D eigenvalue weighted by Gasteiger charge is -2.41. The Bertz CT molecular complexity index is 1220. The van der Waals surface area contributed by atoms with Gasteiger partial charge in [0.15, 0.2) is 0 Å². The number of anilines is 1. The molecule has 0 radical (unpaired) electrons. The van der Waals surface area contributed by atoms with Gasteiger partial charge in [-0.3, -0.25) is 9.48 Å². The number of thiazole rings is 1. The number of halogens is 6. The average Bonchev–Trinajstić information content (AvgIpc) is 3.44. The molecule has 3 aromatic heterocycles. The number of hydrogen-bond acceptors (Lipinski definition) is 8. The second-order valence-electron chi connectivity index (χ2n) is 7.99. The van der Waals surface area contributed by atoms with Gasteiger partial charge in [0.2, 0.25) is 16.7 Å². The Morgan fingerprint density at radius 3 is 2.39 bits per heavy atom. The molecule has 36 heavy (non-hydrogen) atoms. The lowest BCUT2D eigenvalue weighted by molar-refractivity contribution is -0.145. The van der Waals surface area contributed by atoms with Gasteiger partial charge in [-0.05, 0) is 13.0 Å². The van der Waals surface area contributed by atoms with E-state index in [0.29, 0.717) is 11.3 Å². The lowest BCUT2D eigenvalue weighted by atomic mass is 10.1. The Balaban J connectivity index is 1.60. The zero-order valence-corrected chi connectivity index (χ0v) is 19.4. The van der Waals surface area contributed by atoms with E-state index in [0.717, 1.165) is 18.1 Å². The van der Waals surface area contributed by atoms with E-state index >= 15 is 0 Å².